The highest BCUT2D eigenvalue weighted by molar-refractivity contribution is 7.21. The zero-order chi connectivity index (χ0) is 14.7. The second-order valence-electron chi connectivity index (χ2n) is 4.51. The van der Waals surface area contributed by atoms with Crippen molar-refractivity contribution in [3.63, 3.8) is 0 Å². The van der Waals surface area contributed by atoms with Crippen LogP contribution in [0.15, 0.2) is 66.7 Å². The van der Waals surface area contributed by atoms with Crippen LogP contribution in [0.25, 0.3) is 31.6 Å². The fourth-order valence-corrected chi connectivity index (χ4v) is 3.40. The highest BCUT2D eigenvalue weighted by Gasteiger charge is 2.08. The summed E-state index contributed by atoms with van der Waals surface area (Å²) in [4.78, 5) is 4.75. The molecule has 0 atom stereocenters. The summed E-state index contributed by atoms with van der Waals surface area (Å²) in [5, 5.41) is 3.63. The fraction of sp³-hybridized carbons (Fsp3) is 0.105. The van der Waals surface area contributed by atoms with Crippen LogP contribution in [-0.4, -0.2) is 4.98 Å². The molecule has 0 N–H and O–H groups in total. The van der Waals surface area contributed by atoms with Crippen LogP contribution in [-0.2, 0) is 0 Å². The number of fused-ring (bicyclic) bond motifs is 2. The van der Waals surface area contributed by atoms with Gasteiger partial charge in [0, 0.05) is 5.56 Å². The first-order valence-electron chi connectivity index (χ1n) is 7.25. The quantitative estimate of drug-likeness (QED) is 0.410. The maximum atomic E-state index is 4.75. The molecule has 0 spiro atoms. The maximum absolute atomic E-state index is 4.75. The van der Waals surface area contributed by atoms with Crippen molar-refractivity contribution in [1.29, 1.82) is 0 Å². The van der Waals surface area contributed by atoms with Crippen LogP contribution in [0.2, 0.25) is 0 Å². The summed E-state index contributed by atoms with van der Waals surface area (Å²) < 4.78 is 1.24. The summed E-state index contributed by atoms with van der Waals surface area (Å²) in [6.45, 7) is 4.00. The Bertz CT molecular complexity index is 838. The first-order valence-corrected chi connectivity index (χ1v) is 8.07. The zero-order valence-corrected chi connectivity index (χ0v) is 13.0. The van der Waals surface area contributed by atoms with Crippen LogP contribution in [0, 0.1) is 0 Å². The maximum Gasteiger partial charge on any atom is 0.125 e. The summed E-state index contributed by atoms with van der Waals surface area (Å²) >= 11 is 1.75. The lowest BCUT2D eigenvalue weighted by molar-refractivity contribution is 1.49. The molecule has 0 fully saturated rings. The topological polar surface area (TPSA) is 12.9 Å². The van der Waals surface area contributed by atoms with Crippen molar-refractivity contribution in [2.75, 3.05) is 0 Å². The Kier molecular flexibility index (Phi) is 3.98. The van der Waals surface area contributed by atoms with Gasteiger partial charge < -0.3 is 0 Å². The molecular formula is C19H17NS. The van der Waals surface area contributed by atoms with Gasteiger partial charge in [0.05, 0.1) is 10.2 Å². The minimum Gasteiger partial charge on any atom is -0.236 e. The Hall–Kier alpha value is -2.19. The predicted molar refractivity (Wildman–Crippen MR) is 93.9 cm³/mol. The van der Waals surface area contributed by atoms with E-state index in [1.54, 1.807) is 11.3 Å². The monoisotopic (exact) mass is 291 g/mol. The minimum atomic E-state index is 1.08. The number of nitrogens with zero attached hydrogens (tertiary/aromatic N) is 1. The Morgan fingerprint density at radius 3 is 2.33 bits per heavy atom. The SMILES string of the molecule is CC.c1ccc2c(-c3nc4ccccc4s3)cccc2c1. The van der Waals surface area contributed by atoms with E-state index in [9.17, 15) is 0 Å². The van der Waals surface area contributed by atoms with E-state index in [0.29, 0.717) is 0 Å². The average molecular weight is 291 g/mol. The largest absolute Gasteiger partial charge is 0.236 e. The molecule has 0 aliphatic rings. The van der Waals surface area contributed by atoms with Crippen molar-refractivity contribution in [1.82, 2.24) is 4.98 Å². The third-order valence-corrected chi connectivity index (χ3v) is 4.38. The molecule has 1 heterocycles. The zero-order valence-electron chi connectivity index (χ0n) is 12.2. The molecule has 1 nitrogen and oxygen atoms in total. The number of hydrogen-bond donors (Lipinski definition) is 0. The van der Waals surface area contributed by atoms with E-state index in [0.717, 1.165) is 10.5 Å². The number of thiazole rings is 1. The normalized spacial score (nSPS) is 10.4. The van der Waals surface area contributed by atoms with Crippen molar-refractivity contribution in [2.24, 2.45) is 0 Å². The molecule has 0 bridgehead atoms. The van der Waals surface area contributed by atoms with Crippen LogP contribution >= 0.6 is 11.3 Å². The summed E-state index contributed by atoms with van der Waals surface area (Å²) in [5.74, 6) is 0. The first-order chi connectivity index (χ1) is 10.4. The van der Waals surface area contributed by atoms with Crippen molar-refractivity contribution in [3.8, 4) is 10.6 Å². The molecule has 0 saturated heterocycles. The summed E-state index contributed by atoms with van der Waals surface area (Å²) in [6, 6.07) is 23.2. The van der Waals surface area contributed by atoms with E-state index in [1.807, 2.05) is 19.9 Å². The molecule has 0 aliphatic carbocycles. The van der Waals surface area contributed by atoms with Gasteiger partial charge in [-0.25, -0.2) is 4.98 Å². The van der Waals surface area contributed by atoms with E-state index in [1.165, 1.54) is 21.0 Å². The predicted octanol–water partition coefficient (Wildman–Crippen LogP) is 6.14. The molecule has 4 aromatic rings. The van der Waals surface area contributed by atoms with E-state index in [-0.39, 0.29) is 0 Å². The number of aromatic nitrogens is 1. The third-order valence-electron chi connectivity index (χ3n) is 3.31. The average Bonchev–Trinajstić information content (AvgIpc) is 3.00. The van der Waals surface area contributed by atoms with Gasteiger partial charge in [-0.2, -0.15) is 0 Å². The summed E-state index contributed by atoms with van der Waals surface area (Å²) in [7, 11) is 0. The van der Waals surface area contributed by atoms with Crippen LogP contribution in [0.4, 0.5) is 0 Å². The Morgan fingerprint density at radius 1 is 0.762 bits per heavy atom. The van der Waals surface area contributed by atoms with Crippen molar-refractivity contribution >= 4 is 32.3 Å². The van der Waals surface area contributed by atoms with Crippen LogP contribution in [0.5, 0.6) is 0 Å². The summed E-state index contributed by atoms with van der Waals surface area (Å²) in [6.07, 6.45) is 0. The van der Waals surface area contributed by atoms with Gasteiger partial charge in [-0.15, -0.1) is 11.3 Å². The lowest BCUT2D eigenvalue weighted by atomic mass is 10.1. The van der Waals surface area contributed by atoms with E-state index in [4.69, 9.17) is 4.98 Å². The van der Waals surface area contributed by atoms with Gasteiger partial charge >= 0.3 is 0 Å². The molecule has 1 aromatic heterocycles. The van der Waals surface area contributed by atoms with Crippen LogP contribution in [0.1, 0.15) is 13.8 Å². The number of benzene rings is 3. The molecule has 21 heavy (non-hydrogen) atoms. The van der Waals surface area contributed by atoms with Gasteiger partial charge in [-0.05, 0) is 22.9 Å². The van der Waals surface area contributed by atoms with Crippen molar-refractivity contribution in [3.05, 3.63) is 66.7 Å². The molecule has 2 heteroatoms. The van der Waals surface area contributed by atoms with Crippen LogP contribution in [0.3, 0.4) is 0 Å². The number of hydrogen-bond acceptors (Lipinski definition) is 2. The molecule has 0 aliphatic heterocycles. The third kappa shape index (κ3) is 2.55. The van der Waals surface area contributed by atoms with Gasteiger partial charge in [0.2, 0.25) is 0 Å². The highest BCUT2D eigenvalue weighted by Crippen LogP contribution is 2.34. The first kappa shape index (κ1) is 13.8. The molecular weight excluding hydrogens is 274 g/mol. The molecule has 0 amide bonds. The summed E-state index contributed by atoms with van der Waals surface area (Å²) in [5.41, 5.74) is 2.30. The van der Waals surface area contributed by atoms with E-state index < -0.39 is 0 Å². The van der Waals surface area contributed by atoms with E-state index in [2.05, 4.69) is 60.7 Å². The van der Waals surface area contributed by atoms with Crippen molar-refractivity contribution in [2.45, 2.75) is 13.8 Å². The molecule has 4 rings (SSSR count). The second kappa shape index (κ2) is 6.06. The van der Waals surface area contributed by atoms with Gasteiger partial charge in [0.25, 0.3) is 0 Å². The Balaban J connectivity index is 0.000000636. The molecule has 0 unspecified atom stereocenters. The van der Waals surface area contributed by atoms with Gasteiger partial charge in [-0.1, -0.05) is 68.4 Å². The molecule has 104 valence electrons. The lowest BCUT2D eigenvalue weighted by Crippen LogP contribution is -1.79. The minimum absolute atomic E-state index is 1.08. The van der Waals surface area contributed by atoms with E-state index >= 15 is 0 Å². The number of para-hydroxylation sites is 1. The Labute approximate surface area is 128 Å². The second-order valence-corrected chi connectivity index (χ2v) is 5.54. The van der Waals surface area contributed by atoms with Crippen molar-refractivity contribution < 1.29 is 0 Å². The lowest BCUT2D eigenvalue weighted by Gasteiger charge is -2.02. The standard InChI is InChI=1S/C17H11NS.C2H6/c1-2-8-13-12(6-1)7-5-9-14(13)17-18-15-10-3-4-11-16(15)19-17;1-2/h1-11H;1-2H3. The highest BCUT2D eigenvalue weighted by atomic mass is 32.1. The van der Waals surface area contributed by atoms with Gasteiger partial charge in [0.1, 0.15) is 5.01 Å². The number of rotatable bonds is 1. The molecule has 3 aromatic carbocycles. The smallest absolute Gasteiger partial charge is 0.125 e. The van der Waals surface area contributed by atoms with Crippen LogP contribution < -0.4 is 0 Å². The molecule has 0 saturated carbocycles. The molecule has 0 radical (unpaired) electrons. The fourth-order valence-electron chi connectivity index (χ4n) is 2.40. The van der Waals surface area contributed by atoms with Gasteiger partial charge in [-0.3, -0.25) is 0 Å². The Morgan fingerprint density at radius 2 is 1.48 bits per heavy atom. The van der Waals surface area contributed by atoms with Gasteiger partial charge in [0.15, 0.2) is 0 Å².